The monoisotopic (exact) mass is 223 g/mol. The van der Waals surface area contributed by atoms with Crippen molar-refractivity contribution >= 4 is 18.3 Å². The fourth-order valence-corrected chi connectivity index (χ4v) is 1.33. The van der Waals surface area contributed by atoms with Crippen LogP contribution in [0.2, 0.25) is 0 Å². The van der Waals surface area contributed by atoms with Crippen LogP contribution in [0.5, 0.6) is 0 Å². The third-order valence-corrected chi connectivity index (χ3v) is 1.99. The van der Waals surface area contributed by atoms with Crippen LogP contribution < -0.4 is 5.46 Å². The average molecular weight is 223 g/mol. The minimum absolute atomic E-state index is 0.0434. The van der Waals surface area contributed by atoms with E-state index in [1.54, 1.807) is 12.1 Å². The molecule has 0 amide bonds. The van der Waals surface area contributed by atoms with Crippen LogP contribution >= 0.6 is 0 Å². The molecule has 0 radical (unpaired) electrons. The highest BCUT2D eigenvalue weighted by Crippen LogP contribution is 2.08. The van der Waals surface area contributed by atoms with Crippen LogP contribution in [0, 0.1) is 10.1 Å². The second kappa shape index (κ2) is 6.24. The number of nitro benzene ring substituents is 1. The lowest BCUT2D eigenvalue weighted by molar-refractivity contribution is -0.384. The zero-order chi connectivity index (χ0) is 12.0. The molecule has 0 bridgehead atoms. The first-order valence-electron chi connectivity index (χ1n) is 5.16. The van der Waals surface area contributed by atoms with Crippen molar-refractivity contribution in [3.63, 3.8) is 0 Å². The SMILES string of the molecule is CCOB(OCC)c1cccc([N+](=O)[O-])c1. The molecule has 0 aliphatic rings. The summed E-state index contributed by atoms with van der Waals surface area (Å²) in [6.45, 7) is 4.69. The van der Waals surface area contributed by atoms with Gasteiger partial charge in [-0.2, -0.15) is 0 Å². The summed E-state index contributed by atoms with van der Waals surface area (Å²) in [7, 11) is -0.533. The highest BCUT2D eigenvalue weighted by atomic mass is 16.6. The average Bonchev–Trinajstić information content (AvgIpc) is 2.29. The second-order valence-electron chi connectivity index (χ2n) is 3.09. The summed E-state index contributed by atoms with van der Waals surface area (Å²) >= 11 is 0. The number of non-ortho nitro benzene ring substituents is 1. The van der Waals surface area contributed by atoms with E-state index in [2.05, 4.69) is 0 Å². The van der Waals surface area contributed by atoms with Crippen LogP contribution in [0.1, 0.15) is 13.8 Å². The molecule has 0 aliphatic heterocycles. The van der Waals surface area contributed by atoms with Crippen molar-refractivity contribution in [2.45, 2.75) is 13.8 Å². The number of hydrogen-bond donors (Lipinski definition) is 0. The van der Waals surface area contributed by atoms with Crippen LogP contribution in [0.3, 0.4) is 0 Å². The van der Waals surface area contributed by atoms with Gasteiger partial charge in [0, 0.05) is 25.3 Å². The van der Waals surface area contributed by atoms with Crippen molar-refractivity contribution < 1.29 is 14.2 Å². The largest absolute Gasteiger partial charge is 0.494 e. The summed E-state index contributed by atoms with van der Waals surface area (Å²) in [5.41, 5.74) is 0.708. The van der Waals surface area contributed by atoms with E-state index in [1.165, 1.54) is 12.1 Å². The lowest BCUT2D eigenvalue weighted by atomic mass is 9.78. The Labute approximate surface area is 94.7 Å². The molecule has 0 N–H and O–H groups in total. The molecule has 5 nitrogen and oxygen atoms in total. The predicted octanol–water partition coefficient (Wildman–Crippen LogP) is 1.36. The number of rotatable bonds is 6. The summed E-state index contributed by atoms with van der Waals surface area (Å²) in [6, 6.07) is 6.29. The van der Waals surface area contributed by atoms with Gasteiger partial charge in [-0.3, -0.25) is 10.1 Å². The Morgan fingerprint density at radius 1 is 1.31 bits per heavy atom. The topological polar surface area (TPSA) is 61.6 Å². The Bertz CT molecular complexity index is 352. The van der Waals surface area contributed by atoms with E-state index >= 15 is 0 Å². The van der Waals surface area contributed by atoms with Gasteiger partial charge in [0.15, 0.2) is 0 Å². The lowest BCUT2D eigenvalue weighted by Crippen LogP contribution is -2.37. The van der Waals surface area contributed by atoms with E-state index < -0.39 is 12.0 Å². The molecule has 86 valence electrons. The van der Waals surface area contributed by atoms with E-state index in [1.807, 2.05) is 13.8 Å². The first-order chi connectivity index (χ1) is 7.69. The van der Waals surface area contributed by atoms with Gasteiger partial charge in [-0.1, -0.05) is 12.1 Å². The summed E-state index contributed by atoms with van der Waals surface area (Å²) in [6.07, 6.45) is 0. The van der Waals surface area contributed by atoms with E-state index in [0.29, 0.717) is 18.7 Å². The Balaban J connectivity index is 2.90. The normalized spacial score (nSPS) is 10.1. The fourth-order valence-electron chi connectivity index (χ4n) is 1.33. The van der Waals surface area contributed by atoms with Crippen LogP contribution in [0.25, 0.3) is 0 Å². The van der Waals surface area contributed by atoms with Crippen LogP contribution in [0.4, 0.5) is 5.69 Å². The van der Waals surface area contributed by atoms with Crippen molar-refractivity contribution in [3.05, 3.63) is 34.4 Å². The molecule has 1 aromatic rings. The molecule has 0 spiro atoms. The molecule has 0 fully saturated rings. The van der Waals surface area contributed by atoms with Gasteiger partial charge in [-0.15, -0.1) is 0 Å². The molecule has 1 aromatic carbocycles. The smallest absolute Gasteiger partial charge is 0.408 e. The predicted molar refractivity (Wildman–Crippen MR) is 61.7 cm³/mol. The van der Waals surface area contributed by atoms with Crippen LogP contribution in [-0.2, 0) is 9.31 Å². The van der Waals surface area contributed by atoms with Crippen molar-refractivity contribution in [1.82, 2.24) is 0 Å². The van der Waals surface area contributed by atoms with Crippen LogP contribution in [0.15, 0.2) is 24.3 Å². The maximum absolute atomic E-state index is 10.6. The highest BCUT2D eigenvalue weighted by molar-refractivity contribution is 6.61. The minimum Gasteiger partial charge on any atom is -0.408 e. The van der Waals surface area contributed by atoms with Crippen molar-refractivity contribution in [1.29, 1.82) is 0 Å². The van der Waals surface area contributed by atoms with Gasteiger partial charge in [-0.25, -0.2) is 0 Å². The van der Waals surface area contributed by atoms with Crippen molar-refractivity contribution in [2.75, 3.05) is 13.2 Å². The molecule has 0 atom stereocenters. The van der Waals surface area contributed by atoms with E-state index in [4.69, 9.17) is 9.31 Å². The van der Waals surface area contributed by atoms with E-state index in [9.17, 15) is 10.1 Å². The van der Waals surface area contributed by atoms with Gasteiger partial charge in [0.25, 0.3) is 5.69 Å². The number of hydrogen-bond acceptors (Lipinski definition) is 4. The van der Waals surface area contributed by atoms with Gasteiger partial charge in [0.2, 0.25) is 0 Å². The summed E-state index contributed by atoms with van der Waals surface area (Å²) in [5, 5.41) is 10.6. The summed E-state index contributed by atoms with van der Waals surface area (Å²) in [5.74, 6) is 0. The molecule has 0 heterocycles. The molecule has 0 saturated heterocycles. The van der Waals surface area contributed by atoms with Gasteiger partial charge >= 0.3 is 7.12 Å². The third kappa shape index (κ3) is 3.32. The second-order valence-corrected chi connectivity index (χ2v) is 3.09. The molecule has 0 aliphatic carbocycles. The van der Waals surface area contributed by atoms with Crippen LogP contribution in [-0.4, -0.2) is 25.3 Å². The Hall–Kier alpha value is -1.40. The molecule has 0 unspecified atom stereocenters. The van der Waals surface area contributed by atoms with Gasteiger partial charge in [0.05, 0.1) is 4.92 Å². The molecule has 6 heteroatoms. The number of nitrogens with zero attached hydrogens (tertiary/aromatic N) is 1. The number of nitro groups is 1. The van der Waals surface area contributed by atoms with Crippen molar-refractivity contribution in [3.8, 4) is 0 Å². The fraction of sp³-hybridized carbons (Fsp3) is 0.400. The molecule has 0 aromatic heterocycles. The molecule has 16 heavy (non-hydrogen) atoms. The first kappa shape index (κ1) is 12.7. The summed E-state index contributed by atoms with van der Waals surface area (Å²) in [4.78, 5) is 10.2. The molecular formula is C10H14BNO4. The van der Waals surface area contributed by atoms with Gasteiger partial charge < -0.3 is 9.31 Å². The van der Waals surface area contributed by atoms with Gasteiger partial charge in [0.1, 0.15) is 0 Å². The summed E-state index contributed by atoms with van der Waals surface area (Å²) < 4.78 is 10.7. The highest BCUT2D eigenvalue weighted by Gasteiger charge is 2.22. The number of benzene rings is 1. The zero-order valence-electron chi connectivity index (χ0n) is 9.38. The maximum Gasteiger partial charge on any atom is 0.494 e. The molecule has 0 saturated carbocycles. The first-order valence-corrected chi connectivity index (χ1v) is 5.16. The van der Waals surface area contributed by atoms with E-state index in [-0.39, 0.29) is 5.69 Å². The van der Waals surface area contributed by atoms with E-state index in [0.717, 1.165) is 0 Å². The maximum atomic E-state index is 10.6. The Kier molecular flexibility index (Phi) is 4.95. The van der Waals surface area contributed by atoms with Crippen molar-refractivity contribution in [2.24, 2.45) is 0 Å². The minimum atomic E-state index is -0.533. The quantitative estimate of drug-likeness (QED) is 0.415. The standard InChI is InChI=1S/C10H14BNO4/c1-3-15-11(16-4-2)9-6-5-7-10(8-9)12(13)14/h5-8H,3-4H2,1-2H3. The Morgan fingerprint density at radius 3 is 2.44 bits per heavy atom. The lowest BCUT2D eigenvalue weighted by Gasteiger charge is -2.12. The zero-order valence-corrected chi connectivity index (χ0v) is 9.38. The Morgan fingerprint density at radius 2 is 1.94 bits per heavy atom. The molecule has 1 rings (SSSR count). The molecular weight excluding hydrogens is 209 g/mol. The van der Waals surface area contributed by atoms with Gasteiger partial charge in [-0.05, 0) is 19.3 Å². The third-order valence-electron chi connectivity index (χ3n) is 1.99.